The highest BCUT2D eigenvalue weighted by Crippen LogP contribution is 2.40. The highest BCUT2D eigenvalue weighted by atomic mass is 32.2. The molecular formula is C28H29N3OS. The van der Waals surface area contributed by atoms with Gasteiger partial charge in [-0.05, 0) is 55.8 Å². The molecule has 5 rings (SSSR count). The lowest BCUT2D eigenvalue weighted by Gasteiger charge is -2.30. The monoisotopic (exact) mass is 455 g/mol. The first-order valence-corrected chi connectivity index (χ1v) is 12.5. The second-order valence-electron chi connectivity index (χ2n) is 8.72. The number of amidine groups is 1. The van der Waals surface area contributed by atoms with Crippen LogP contribution >= 0.6 is 11.8 Å². The molecule has 4 nitrogen and oxygen atoms in total. The van der Waals surface area contributed by atoms with Crippen LogP contribution in [0.3, 0.4) is 0 Å². The smallest absolute Gasteiger partial charge is 0.267 e. The Morgan fingerprint density at radius 2 is 1.79 bits per heavy atom. The average Bonchev–Trinajstić information content (AvgIpc) is 3.29. The molecule has 0 spiro atoms. The molecule has 2 aromatic carbocycles. The molecule has 168 valence electrons. The number of carbonyl (C=O) groups excluding carboxylic acids is 1. The van der Waals surface area contributed by atoms with Crippen LogP contribution < -0.4 is 0 Å². The number of allylic oxidation sites excluding steroid dienone is 1. The van der Waals surface area contributed by atoms with Crippen molar-refractivity contribution in [3.63, 3.8) is 0 Å². The summed E-state index contributed by atoms with van der Waals surface area (Å²) in [5.41, 5.74) is 4.30. The maximum Gasteiger partial charge on any atom is 0.267 e. The molecule has 33 heavy (non-hydrogen) atoms. The Kier molecular flexibility index (Phi) is 6.23. The van der Waals surface area contributed by atoms with Crippen LogP contribution in [0.2, 0.25) is 0 Å². The van der Waals surface area contributed by atoms with Crippen molar-refractivity contribution in [2.45, 2.75) is 51.6 Å². The Balaban J connectivity index is 1.59. The van der Waals surface area contributed by atoms with E-state index in [4.69, 9.17) is 4.99 Å². The molecule has 0 unspecified atom stereocenters. The molecule has 0 bridgehead atoms. The molecule has 3 aromatic rings. The van der Waals surface area contributed by atoms with E-state index in [0.717, 1.165) is 51.8 Å². The minimum absolute atomic E-state index is 0.0848. The van der Waals surface area contributed by atoms with Crippen LogP contribution in [0.25, 0.3) is 17.0 Å². The lowest BCUT2D eigenvalue weighted by molar-refractivity contribution is -0.124. The zero-order valence-corrected chi connectivity index (χ0v) is 19.9. The van der Waals surface area contributed by atoms with E-state index >= 15 is 0 Å². The summed E-state index contributed by atoms with van der Waals surface area (Å²) in [6, 6.07) is 18.6. The van der Waals surface area contributed by atoms with E-state index in [2.05, 4.69) is 48.4 Å². The third-order valence-electron chi connectivity index (χ3n) is 6.62. The molecule has 2 heterocycles. The van der Waals surface area contributed by atoms with Crippen LogP contribution in [0, 0.1) is 6.92 Å². The number of hydrogen-bond donors (Lipinski definition) is 0. The summed E-state index contributed by atoms with van der Waals surface area (Å²) in [6.45, 7) is 6.79. The molecule has 0 radical (unpaired) electrons. The summed E-state index contributed by atoms with van der Waals surface area (Å²) in [5, 5.41) is 1.97. The van der Waals surface area contributed by atoms with Gasteiger partial charge in [-0.2, -0.15) is 0 Å². The zero-order chi connectivity index (χ0) is 22.8. The predicted octanol–water partition coefficient (Wildman–Crippen LogP) is 7.07. The van der Waals surface area contributed by atoms with Gasteiger partial charge in [-0.25, -0.2) is 4.99 Å². The van der Waals surface area contributed by atoms with Crippen molar-refractivity contribution in [2.24, 2.45) is 4.99 Å². The third kappa shape index (κ3) is 4.18. The Morgan fingerprint density at radius 3 is 2.55 bits per heavy atom. The molecule has 1 aromatic heterocycles. The van der Waals surface area contributed by atoms with Gasteiger partial charge in [0.15, 0.2) is 5.17 Å². The Labute approximate surface area is 199 Å². The van der Waals surface area contributed by atoms with Crippen LogP contribution in [0.5, 0.6) is 0 Å². The SMILES string of the molecule is C=CCn1c(C)c(/C=C2\SC(=Nc3ccccc3)N(C3CCCCC3)C2=O)c2ccccc21. The number of aromatic nitrogens is 1. The predicted molar refractivity (Wildman–Crippen MR) is 140 cm³/mol. The van der Waals surface area contributed by atoms with Gasteiger partial charge < -0.3 is 4.57 Å². The molecule has 1 saturated carbocycles. The average molecular weight is 456 g/mol. The molecule has 1 amide bonds. The number of para-hydroxylation sites is 2. The van der Waals surface area contributed by atoms with Crippen molar-refractivity contribution in [2.75, 3.05) is 0 Å². The van der Waals surface area contributed by atoms with Gasteiger partial charge in [-0.15, -0.1) is 6.58 Å². The van der Waals surface area contributed by atoms with Gasteiger partial charge >= 0.3 is 0 Å². The number of carbonyl (C=O) groups is 1. The second-order valence-corrected chi connectivity index (χ2v) is 9.73. The van der Waals surface area contributed by atoms with Crippen molar-refractivity contribution in [3.05, 3.63) is 83.4 Å². The molecule has 1 aliphatic heterocycles. The molecule has 2 fully saturated rings. The first kappa shape index (κ1) is 21.8. The minimum atomic E-state index is 0.0848. The van der Waals surface area contributed by atoms with Gasteiger partial charge in [0.05, 0.1) is 10.6 Å². The number of hydrogen-bond acceptors (Lipinski definition) is 3. The van der Waals surface area contributed by atoms with E-state index in [1.807, 2.05) is 41.3 Å². The molecule has 1 saturated heterocycles. The number of amides is 1. The number of nitrogens with zero attached hydrogens (tertiary/aromatic N) is 3. The summed E-state index contributed by atoms with van der Waals surface area (Å²) in [4.78, 5) is 21.3. The van der Waals surface area contributed by atoms with E-state index in [1.54, 1.807) is 0 Å². The van der Waals surface area contributed by atoms with E-state index in [0.29, 0.717) is 0 Å². The van der Waals surface area contributed by atoms with E-state index in [9.17, 15) is 4.79 Å². The molecule has 5 heteroatoms. The van der Waals surface area contributed by atoms with Crippen molar-refractivity contribution in [3.8, 4) is 0 Å². The lowest BCUT2D eigenvalue weighted by atomic mass is 9.94. The highest BCUT2D eigenvalue weighted by molar-refractivity contribution is 8.18. The largest absolute Gasteiger partial charge is 0.340 e. The van der Waals surface area contributed by atoms with Crippen molar-refractivity contribution < 1.29 is 4.79 Å². The maximum absolute atomic E-state index is 13.7. The van der Waals surface area contributed by atoms with E-state index in [-0.39, 0.29) is 11.9 Å². The molecule has 0 N–H and O–H groups in total. The van der Waals surface area contributed by atoms with Gasteiger partial charge in [-0.1, -0.05) is 61.7 Å². The zero-order valence-electron chi connectivity index (χ0n) is 19.0. The van der Waals surface area contributed by atoms with Gasteiger partial charge in [0.25, 0.3) is 5.91 Å². The molecule has 1 aliphatic carbocycles. The number of rotatable bonds is 5. The van der Waals surface area contributed by atoms with Crippen LogP contribution in [-0.4, -0.2) is 26.6 Å². The fourth-order valence-corrected chi connectivity index (χ4v) is 6.01. The fourth-order valence-electron chi connectivity index (χ4n) is 4.97. The van der Waals surface area contributed by atoms with Crippen molar-refractivity contribution in [1.29, 1.82) is 0 Å². The summed E-state index contributed by atoms with van der Waals surface area (Å²) in [6.07, 6.45) is 9.68. The van der Waals surface area contributed by atoms with Crippen molar-refractivity contribution in [1.82, 2.24) is 9.47 Å². The quantitative estimate of drug-likeness (QED) is 0.305. The number of thioether (sulfide) groups is 1. The number of benzene rings is 2. The molecular weight excluding hydrogens is 426 g/mol. The Hall–Kier alpha value is -3.05. The standard InChI is InChI=1S/C28H29N3OS/c1-3-18-30-20(2)24(23-16-10-11-17-25(23)30)19-26-27(32)31(22-14-8-5-9-15-22)28(33-26)29-21-12-6-4-7-13-21/h3-4,6-7,10-13,16-17,19,22H,1,5,8-9,14-15,18H2,2H3/b26-19-,29-28?. The topological polar surface area (TPSA) is 37.6 Å². The minimum Gasteiger partial charge on any atom is -0.340 e. The first-order valence-electron chi connectivity index (χ1n) is 11.7. The van der Waals surface area contributed by atoms with Gasteiger partial charge in [0.1, 0.15) is 0 Å². The molecule has 2 aliphatic rings. The van der Waals surface area contributed by atoms with Gasteiger partial charge in [-0.3, -0.25) is 9.69 Å². The molecule has 0 atom stereocenters. The number of fused-ring (bicyclic) bond motifs is 1. The second kappa shape index (κ2) is 9.44. The maximum atomic E-state index is 13.7. The highest BCUT2D eigenvalue weighted by Gasteiger charge is 2.39. The first-order chi connectivity index (χ1) is 16.2. The third-order valence-corrected chi connectivity index (χ3v) is 7.61. The van der Waals surface area contributed by atoms with Gasteiger partial charge in [0, 0.05) is 34.7 Å². The number of aliphatic imine (C=N–C) groups is 1. The summed E-state index contributed by atoms with van der Waals surface area (Å²) in [7, 11) is 0. The lowest BCUT2D eigenvalue weighted by Crippen LogP contribution is -2.40. The van der Waals surface area contributed by atoms with Crippen LogP contribution in [-0.2, 0) is 11.3 Å². The van der Waals surface area contributed by atoms with Crippen molar-refractivity contribution >= 4 is 45.5 Å². The summed E-state index contributed by atoms with van der Waals surface area (Å²) >= 11 is 1.51. The van der Waals surface area contributed by atoms with E-state index in [1.165, 1.54) is 36.5 Å². The summed E-state index contributed by atoms with van der Waals surface area (Å²) < 4.78 is 2.26. The summed E-state index contributed by atoms with van der Waals surface area (Å²) in [5.74, 6) is 0.0848. The Morgan fingerprint density at radius 1 is 1.06 bits per heavy atom. The van der Waals surface area contributed by atoms with E-state index < -0.39 is 0 Å². The Bertz CT molecular complexity index is 1250. The fraction of sp³-hybridized carbons (Fsp3) is 0.286. The van der Waals surface area contributed by atoms with Gasteiger partial charge in [0.2, 0.25) is 0 Å². The van der Waals surface area contributed by atoms with Crippen LogP contribution in [0.1, 0.15) is 43.4 Å². The normalized spacial score (nSPS) is 19.8. The van der Waals surface area contributed by atoms with Crippen LogP contribution in [0.15, 0.2) is 77.1 Å². The van der Waals surface area contributed by atoms with Crippen LogP contribution in [0.4, 0.5) is 5.69 Å².